The van der Waals surface area contributed by atoms with Gasteiger partial charge in [0.05, 0.1) is 0 Å². The molecule has 24 heavy (non-hydrogen) atoms. The molecular weight excluding hydrogens is 389 g/mol. The van der Waals surface area contributed by atoms with Crippen LogP contribution in [0.15, 0.2) is 29.6 Å². The molecule has 0 saturated carbocycles. The van der Waals surface area contributed by atoms with Gasteiger partial charge in [-0.2, -0.15) is 0 Å². The average molecular weight is 409 g/mol. The SMILES string of the molecule is CN(C(=O)c1csc(-c2ccc(Cl)cc2)n1)C1CCNCC1.Cl.Cl. The van der Waals surface area contributed by atoms with Gasteiger partial charge in [-0.1, -0.05) is 23.7 Å². The van der Waals surface area contributed by atoms with Gasteiger partial charge in [-0.3, -0.25) is 4.79 Å². The van der Waals surface area contributed by atoms with Crippen LogP contribution in [0.2, 0.25) is 5.02 Å². The molecule has 0 bridgehead atoms. The summed E-state index contributed by atoms with van der Waals surface area (Å²) in [6.45, 7) is 1.94. The van der Waals surface area contributed by atoms with E-state index in [0.29, 0.717) is 16.8 Å². The first-order chi connectivity index (χ1) is 10.6. The Morgan fingerprint density at radius 1 is 1.25 bits per heavy atom. The number of hydrogen-bond donors (Lipinski definition) is 1. The van der Waals surface area contributed by atoms with E-state index in [1.165, 1.54) is 11.3 Å². The van der Waals surface area contributed by atoms with Crippen molar-refractivity contribution in [2.45, 2.75) is 18.9 Å². The Labute approximate surface area is 163 Å². The predicted molar refractivity (Wildman–Crippen MR) is 105 cm³/mol. The first-order valence-corrected chi connectivity index (χ1v) is 8.60. The number of nitrogens with one attached hydrogen (secondary N) is 1. The molecule has 1 aromatic heterocycles. The van der Waals surface area contributed by atoms with E-state index in [4.69, 9.17) is 11.6 Å². The number of hydrogen-bond acceptors (Lipinski definition) is 4. The van der Waals surface area contributed by atoms with Crippen LogP contribution in [0.25, 0.3) is 10.6 Å². The summed E-state index contributed by atoms with van der Waals surface area (Å²) in [4.78, 5) is 18.9. The van der Waals surface area contributed by atoms with E-state index in [-0.39, 0.29) is 30.7 Å². The van der Waals surface area contributed by atoms with E-state index in [2.05, 4.69) is 10.3 Å². The van der Waals surface area contributed by atoms with Gasteiger partial charge in [0.25, 0.3) is 5.91 Å². The van der Waals surface area contributed by atoms with Crippen LogP contribution in [0.4, 0.5) is 0 Å². The molecule has 2 heterocycles. The fourth-order valence-electron chi connectivity index (χ4n) is 2.64. The predicted octanol–water partition coefficient (Wildman–Crippen LogP) is 4.13. The molecular formula is C16H20Cl3N3OS. The Kier molecular flexibility index (Phi) is 8.46. The zero-order chi connectivity index (χ0) is 15.5. The van der Waals surface area contributed by atoms with Gasteiger partial charge in [-0.25, -0.2) is 4.98 Å². The molecule has 1 amide bonds. The molecule has 2 aromatic rings. The van der Waals surface area contributed by atoms with Crippen LogP contribution < -0.4 is 5.32 Å². The number of thiazole rings is 1. The molecule has 1 N–H and O–H groups in total. The zero-order valence-electron chi connectivity index (χ0n) is 13.2. The number of piperidine rings is 1. The minimum absolute atomic E-state index is 0. The number of nitrogens with zero attached hydrogens (tertiary/aromatic N) is 2. The van der Waals surface area contributed by atoms with Crippen LogP contribution in [0.3, 0.4) is 0 Å². The lowest BCUT2D eigenvalue weighted by Crippen LogP contribution is -2.44. The summed E-state index contributed by atoms with van der Waals surface area (Å²) >= 11 is 7.39. The van der Waals surface area contributed by atoms with Crippen LogP contribution in [-0.2, 0) is 0 Å². The monoisotopic (exact) mass is 407 g/mol. The third kappa shape index (κ3) is 4.83. The van der Waals surface area contributed by atoms with E-state index in [0.717, 1.165) is 36.5 Å². The number of amides is 1. The number of carbonyl (C=O) groups is 1. The van der Waals surface area contributed by atoms with Crippen molar-refractivity contribution >= 4 is 53.7 Å². The van der Waals surface area contributed by atoms with Crippen LogP contribution in [0.1, 0.15) is 23.3 Å². The summed E-state index contributed by atoms with van der Waals surface area (Å²) in [5.41, 5.74) is 1.51. The molecule has 8 heteroatoms. The Morgan fingerprint density at radius 3 is 2.50 bits per heavy atom. The molecule has 1 aliphatic heterocycles. The molecule has 3 rings (SSSR count). The number of aromatic nitrogens is 1. The number of halogens is 3. The summed E-state index contributed by atoms with van der Waals surface area (Å²) in [7, 11) is 1.87. The summed E-state index contributed by atoms with van der Waals surface area (Å²) in [6, 6.07) is 7.81. The van der Waals surface area contributed by atoms with Crippen molar-refractivity contribution in [3.8, 4) is 10.6 Å². The summed E-state index contributed by atoms with van der Waals surface area (Å²) < 4.78 is 0. The van der Waals surface area contributed by atoms with Crippen molar-refractivity contribution in [3.05, 3.63) is 40.4 Å². The van der Waals surface area contributed by atoms with E-state index >= 15 is 0 Å². The minimum Gasteiger partial charge on any atom is -0.337 e. The maximum atomic E-state index is 12.6. The molecule has 1 saturated heterocycles. The molecule has 0 atom stereocenters. The summed E-state index contributed by atoms with van der Waals surface area (Å²) in [5.74, 6) is 0.00311. The third-order valence-electron chi connectivity index (χ3n) is 3.99. The first-order valence-electron chi connectivity index (χ1n) is 7.34. The molecule has 0 unspecified atom stereocenters. The minimum atomic E-state index is 0. The van der Waals surface area contributed by atoms with Gasteiger partial charge in [0, 0.05) is 29.1 Å². The van der Waals surface area contributed by atoms with Gasteiger partial charge in [-0.15, -0.1) is 36.2 Å². The van der Waals surface area contributed by atoms with E-state index in [9.17, 15) is 4.79 Å². The largest absolute Gasteiger partial charge is 0.337 e. The van der Waals surface area contributed by atoms with E-state index in [1.807, 2.05) is 41.6 Å². The van der Waals surface area contributed by atoms with Gasteiger partial charge in [0.1, 0.15) is 10.7 Å². The number of carbonyl (C=O) groups excluding carboxylic acids is 1. The third-order valence-corrected chi connectivity index (χ3v) is 5.13. The Balaban J connectivity index is 0.00000144. The van der Waals surface area contributed by atoms with Crippen molar-refractivity contribution in [3.63, 3.8) is 0 Å². The van der Waals surface area contributed by atoms with Crippen molar-refractivity contribution in [1.29, 1.82) is 0 Å². The Hall–Kier alpha value is -0.850. The summed E-state index contributed by atoms with van der Waals surface area (Å²) in [5, 5.41) is 6.70. The molecule has 0 spiro atoms. The highest BCUT2D eigenvalue weighted by Crippen LogP contribution is 2.26. The van der Waals surface area contributed by atoms with Crippen molar-refractivity contribution in [2.75, 3.05) is 20.1 Å². The lowest BCUT2D eigenvalue weighted by atomic mass is 10.1. The topological polar surface area (TPSA) is 45.2 Å². The number of benzene rings is 1. The highest BCUT2D eigenvalue weighted by molar-refractivity contribution is 7.13. The standard InChI is InChI=1S/C16H18ClN3OS.2ClH/c1-20(13-6-8-18-9-7-13)16(21)14-10-22-15(19-14)11-2-4-12(17)5-3-11;;/h2-5,10,13,18H,6-9H2,1H3;2*1H. The van der Waals surface area contributed by atoms with Crippen LogP contribution >= 0.6 is 47.8 Å². The highest BCUT2D eigenvalue weighted by atomic mass is 35.5. The molecule has 1 aromatic carbocycles. The van der Waals surface area contributed by atoms with Crippen LogP contribution in [-0.4, -0.2) is 42.0 Å². The van der Waals surface area contributed by atoms with Gasteiger partial charge >= 0.3 is 0 Å². The molecule has 0 aliphatic carbocycles. The first kappa shape index (κ1) is 21.2. The van der Waals surface area contributed by atoms with Crippen molar-refractivity contribution in [1.82, 2.24) is 15.2 Å². The quantitative estimate of drug-likeness (QED) is 0.830. The second kappa shape index (κ2) is 9.59. The Morgan fingerprint density at radius 2 is 1.88 bits per heavy atom. The maximum Gasteiger partial charge on any atom is 0.273 e. The highest BCUT2D eigenvalue weighted by Gasteiger charge is 2.24. The zero-order valence-corrected chi connectivity index (χ0v) is 16.4. The summed E-state index contributed by atoms with van der Waals surface area (Å²) in [6.07, 6.45) is 1.99. The van der Waals surface area contributed by atoms with Crippen LogP contribution in [0, 0.1) is 0 Å². The van der Waals surface area contributed by atoms with Crippen LogP contribution in [0.5, 0.6) is 0 Å². The van der Waals surface area contributed by atoms with Crippen molar-refractivity contribution in [2.24, 2.45) is 0 Å². The molecule has 132 valence electrons. The van der Waals surface area contributed by atoms with Gasteiger partial charge < -0.3 is 10.2 Å². The number of rotatable bonds is 3. The fraction of sp³-hybridized carbons (Fsp3) is 0.375. The van der Waals surface area contributed by atoms with E-state index < -0.39 is 0 Å². The average Bonchev–Trinajstić information content (AvgIpc) is 3.05. The van der Waals surface area contributed by atoms with Gasteiger partial charge in [0.2, 0.25) is 0 Å². The Bertz CT molecular complexity index is 657. The van der Waals surface area contributed by atoms with E-state index in [1.54, 1.807) is 0 Å². The lowest BCUT2D eigenvalue weighted by molar-refractivity contribution is 0.0698. The van der Waals surface area contributed by atoms with Gasteiger partial charge in [0.15, 0.2) is 0 Å². The fourth-order valence-corrected chi connectivity index (χ4v) is 3.56. The lowest BCUT2D eigenvalue weighted by Gasteiger charge is -2.31. The van der Waals surface area contributed by atoms with Gasteiger partial charge in [-0.05, 0) is 38.1 Å². The second-order valence-electron chi connectivity index (χ2n) is 5.44. The second-order valence-corrected chi connectivity index (χ2v) is 6.74. The molecule has 4 nitrogen and oxygen atoms in total. The van der Waals surface area contributed by atoms with Crippen molar-refractivity contribution < 1.29 is 4.79 Å². The maximum absolute atomic E-state index is 12.6. The normalized spacial score (nSPS) is 14.4. The molecule has 0 radical (unpaired) electrons. The smallest absolute Gasteiger partial charge is 0.273 e. The molecule has 1 aliphatic rings. The molecule has 1 fully saturated rings.